The van der Waals surface area contributed by atoms with E-state index in [-0.39, 0.29) is 5.91 Å². The molecule has 0 bridgehead atoms. The lowest BCUT2D eigenvalue weighted by Crippen LogP contribution is -2.46. The van der Waals surface area contributed by atoms with Crippen molar-refractivity contribution in [3.05, 3.63) is 34.3 Å². The summed E-state index contributed by atoms with van der Waals surface area (Å²) in [7, 11) is 3.60. The van der Waals surface area contributed by atoms with Crippen molar-refractivity contribution in [2.75, 3.05) is 14.1 Å². The van der Waals surface area contributed by atoms with Gasteiger partial charge in [-0.25, -0.2) is 5.01 Å². The lowest BCUT2D eigenvalue weighted by molar-refractivity contribution is -0.129. The van der Waals surface area contributed by atoms with E-state index < -0.39 is 5.41 Å². The van der Waals surface area contributed by atoms with Gasteiger partial charge in [-0.3, -0.25) is 10.2 Å². The van der Waals surface area contributed by atoms with Crippen LogP contribution in [0.15, 0.2) is 28.7 Å². The average Bonchev–Trinajstić information content (AvgIpc) is 2.16. The zero-order valence-electron chi connectivity index (χ0n) is 10.0. The number of hydrogen-bond acceptors (Lipinski definition) is 2. The zero-order chi connectivity index (χ0) is 12.3. The van der Waals surface area contributed by atoms with Gasteiger partial charge in [0.05, 0.1) is 5.41 Å². The highest BCUT2D eigenvalue weighted by Gasteiger charge is 2.30. The second-order valence-corrected chi connectivity index (χ2v) is 5.39. The van der Waals surface area contributed by atoms with Crippen molar-refractivity contribution in [1.82, 2.24) is 10.4 Å². The second-order valence-electron chi connectivity index (χ2n) is 4.47. The van der Waals surface area contributed by atoms with Crippen LogP contribution in [0.1, 0.15) is 19.4 Å². The van der Waals surface area contributed by atoms with Crippen molar-refractivity contribution in [2.45, 2.75) is 19.3 Å². The van der Waals surface area contributed by atoms with E-state index >= 15 is 0 Å². The van der Waals surface area contributed by atoms with Gasteiger partial charge in [-0.1, -0.05) is 28.1 Å². The Morgan fingerprint density at radius 1 is 1.38 bits per heavy atom. The fraction of sp³-hybridized carbons (Fsp3) is 0.417. The molecule has 88 valence electrons. The van der Waals surface area contributed by atoms with Crippen molar-refractivity contribution in [3.8, 4) is 0 Å². The van der Waals surface area contributed by atoms with Crippen LogP contribution < -0.4 is 5.43 Å². The van der Waals surface area contributed by atoms with E-state index in [9.17, 15) is 4.79 Å². The van der Waals surface area contributed by atoms with E-state index in [1.807, 2.05) is 38.1 Å². The number of carbonyl (C=O) groups excluding carboxylic acids is 1. The molecule has 0 unspecified atom stereocenters. The number of benzene rings is 1. The smallest absolute Gasteiger partial charge is 0.244 e. The van der Waals surface area contributed by atoms with Crippen LogP contribution in [0.5, 0.6) is 0 Å². The van der Waals surface area contributed by atoms with Crippen molar-refractivity contribution < 1.29 is 4.79 Å². The maximum Gasteiger partial charge on any atom is 0.244 e. The Hall–Kier alpha value is -0.870. The van der Waals surface area contributed by atoms with Gasteiger partial charge in [-0.15, -0.1) is 0 Å². The van der Waals surface area contributed by atoms with Gasteiger partial charge in [0.2, 0.25) is 5.91 Å². The number of hydrazine groups is 1. The molecule has 1 amide bonds. The van der Waals surface area contributed by atoms with Gasteiger partial charge >= 0.3 is 0 Å². The molecule has 0 radical (unpaired) electrons. The molecule has 0 saturated carbocycles. The average molecular weight is 285 g/mol. The first-order valence-corrected chi connectivity index (χ1v) is 5.88. The number of hydrogen-bond donors (Lipinski definition) is 1. The molecule has 0 fully saturated rings. The first-order valence-electron chi connectivity index (χ1n) is 5.08. The Balaban J connectivity index is 2.97. The van der Waals surface area contributed by atoms with Gasteiger partial charge in [0.25, 0.3) is 0 Å². The summed E-state index contributed by atoms with van der Waals surface area (Å²) in [6.07, 6.45) is 0. The zero-order valence-corrected chi connectivity index (χ0v) is 11.6. The fourth-order valence-corrected chi connectivity index (χ4v) is 1.75. The highest BCUT2D eigenvalue weighted by atomic mass is 79.9. The van der Waals surface area contributed by atoms with Crippen LogP contribution in [0.2, 0.25) is 0 Å². The van der Waals surface area contributed by atoms with Crippen LogP contribution >= 0.6 is 15.9 Å². The number of carbonyl (C=O) groups is 1. The van der Waals surface area contributed by atoms with Crippen LogP contribution in [0.25, 0.3) is 0 Å². The second kappa shape index (κ2) is 4.97. The Kier molecular flexibility index (Phi) is 4.10. The number of amides is 1. The van der Waals surface area contributed by atoms with Gasteiger partial charge in [-0.05, 0) is 31.5 Å². The lowest BCUT2D eigenvalue weighted by Gasteiger charge is -2.26. The Bertz CT molecular complexity index is 388. The van der Waals surface area contributed by atoms with Crippen molar-refractivity contribution in [1.29, 1.82) is 0 Å². The van der Waals surface area contributed by atoms with Crippen LogP contribution in [0.4, 0.5) is 0 Å². The number of nitrogens with zero attached hydrogens (tertiary/aromatic N) is 1. The third-order valence-electron chi connectivity index (χ3n) is 2.44. The highest BCUT2D eigenvalue weighted by molar-refractivity contribution is 9.10. The molecule has 0 aliphatic heterocycles. The third-order valence-corrected chi connectivity index (χ3v) is 2.93. The minimum atomic E-state index is -0.548. The van der Waals surface area contributed by atoms with Crippen molar-refractivity contribution in [2.24, 2.45) is 0 Å². The number of halogens is 1. The van der Waals surface area contributed by atoms with Gasteiger partial charge in [-0.2, -0.15) is 0 Å². The number of nitrogens with one attached hydrogen (secondary N) is 1. The molecule has 0 aliphatic carbocycles. The summed E-state index contributed by atoms with van der Waals surface area (Å²) in [6, 6.07) is 7.81. The first-order chi connectivity index (χ1) is 7.34. The van der Waals surface area contributed by atoms with Crippen molar-refractivity contribution in [3.63, 3.8) is 0 Å². The molecule has 1 N–H and O–H groups in total. The van der Waals surface area contributed by atoms with Gasteiger partial charge in [0, 0.05) is 18.6 Å². The van der Waals surface area contributed by atoms with E-state index in [1.165, 1.54) is 0 Å². The predicted octanol–water partition coefficient (Wildman–Crippen LogP) is 2.32. The molecule has 0 heterocycles. The molecular formula is C12H17BrN2O. The van der Waals surface area contributed by atoms with Gasteiger partial charge in [0.15, 0.2) is 0 Å². The van der Waals surface area contributed by atoms with Gasteiger partial charge < -0.3 is 0 Å². The maximum atomic E-state index is 12.0. The van der Waals surface area contributed by atoms with E-state index in [1.54, 1.807) is 19.1 Å². The summed E-state index contributed by atoms with van der Waals surface area (Å²) in [5.74, 6) is -0.0180. The molecule has 4 heteroatoms. The summed E-state index contributed by atoms with van der Waals surface area (Å²) in [4.78, 5) is 12.0. The molecule has 0 saturated heterocycles. The monoisotopic (exact) mass is 284 g/mol. The van der Waals surface area contributed by atoms with E-state index in [0.717, 1.165) is 10.0 Å². The Morgan fingerprint density at radius 2 is 2.00 bits per heavy atom. The van der Waals surface area contributed by atoms with Crippen LogP contribution in [0, 0.1) is 0 Å². The molecule has 0 atom stereocenters. The topological polar surface area (TPSA) is 32.3 Å². The van der Waals surface area contributed by atoms with E-state index in [2.05, 4.69) is 21.4 Å². The van der Waals surface area contributed by atoms with E-state index in [4.69, 9.17) is 0 Å². The molecule has 1 rings (SSSR count). The SMILES string of the molecule is CN(C)NC(=O)C(C)(C)c1cccc(Br)c1. The van der Waals surface area contributed by atoms with E-state index in [0.29, 0.717) is 0 Å². The predicted molar refractivity (Wildman–Crippen MR) is 69.0 cm³/mol. The highest BCUT2D eigenvalue weighted by Crippen LogP contribution is 2.25. The molecular weight excluding hydrogens is 268 g/mol. The normalized spacial score (nSPS) is 11.6. The fourth-order valence-electron chi connectivity index (χ4n) is 1.35. The minimum absolute atomic E-state index is 0.0180. The molecule has 16 heavy (non-hydrogen) atoms. The molecule has 0 aromatic heterocycles. The molecule has 3 nitrogen and oxygen atoms in total. The third kappa shape index (κ3) is 3.06. The first kappa shape index (κ1) is 13.2. The molecule has 0 aliphatic rings. The molecule has 1 aromatic rings. The molecule has 0 spiro atoms. The minimum Gasteiger partial charge on any atom is -0.289 e. The lowest BCUT2D eigenvalue weighted by atomic mass is 9.84. The van der Waals surface area contributed by atoms with Crippen LogP contribution in [-0.2, 0) is 10.2 Å². The van der Waals surface area contributed by atoms with Gasteiger partial charge in [0.1, 0.15) is 0 Å². The Morgan fingerprint density at radius 3 is 2.50 bits per heavy atom. The summed E-state index contributed by atoms with van der Waals surface area (Å²) in [5.41, 5.74) is 3.22. The van der Waals surface area contributed by atoms with Crippen LogP contribution in [-0.4, -0.2) is 25.0 Å². The summed E-state index contributed by atoms with van der Waals surface area (Å²) in [6.45, 7) is 3.82. The maximum absolute atomic E-state index is 12.0. The number of rotatable bonds is 3. The van der Waals surface area contributed by atoms with Crippen molar-refractivity contribution >= 4 is 21.8 Å². The largest absolute Gasteiger partial charge is 0.289 e. The Labute approximate surface area is 105 Å². The quantitative estimate of drug-likeness (QED) is 0.864. The van der Waals surface area contributed by atoms with Crippen LogP contribution in [0.3, 0.4) is 0 Å². The standard InChI is InChI=1S/C12H17BrN2O/c1-12(2,11(16)14-15(3)4)9-6-5-7-10(13)8-9/h5-8H,1-4H3,(H,14,16). The summed E-state index contributed by atoms with van der Waals surface area (Å²) >= 11 is 3.41. The molecule has 1 aromatic carbocycles. The summed E-state index contributed by atoms with van der Waals surface area (Å²) in [5, 5.41) is 1.65. The summed E-state index contributed by atoms with van der Waals surface area (Å²) < 4.78 is 0.982.